The number of rotatable bonds is 3. The molecule has 0 saturated heterocycles. The van der Waals surface area contributed by atoms with Crippen LogP contribution in [-0.4, -0.2) is 6.18 Å². The Bertz CT molecular complexity index is 506. The molecule has 0 aliphatic rings. The summed E-state index contributed by atoms with van der Waals surface area (Å²) < 4.78 is 42.1. The minimum Gasteiger partial charge on any atom is -0.457 e. The highest BCUT2D eigenvalue weighted by Gasteiger charge is 2.28. The van der Waals surface area contributed by atoms with Gasteiger partial charge in [-0.2, -0.15) is 13.2 Å². The Morgan fingerprint density at radius 2 is 1.50 bits per heavy atom. The fourth-order valence-corrected chi connectivity index (χ4v) is 1.48. The molecule has 1 nitrogen and oxygen atoms in total. The molecule has 0 spiro atoms. The third kappa shape index (κ3) is 3.80. The first-order valence-electron chi connectivity index (χ1n) is 5.28. The average molecular weight is 251 g/mol. The lowest BCUT2D eigenvalue weighted by Gasteiger charge is -2.09. The monoisotopic (exact) mass is 251 g/mol. The van der Waals surface area contributed by atoms with Gasteiger partial charge in [-0.05, 0) is 29.8 Å². The topological polar surface area (TPSA) is 9.23 Å². The summed E-state index contributed by atoms with van der Waals surface area (Å²) in [4.78, 5) is 0. The van der Waals surface area contributed by atoms with Crippen molar-refractivity contribution in [3.63, 3.8) is 0 Å². The quantitative estimate of drug-likeness (QED) is 0.775. The largest absolute Gasteiger partial charge is 0.457 e. The fraction of sp³-hybridized carbons (Fsp3) is 0.0714. The van der Waals surface area contributed by atoms with Crippen LogP contribution in [0.3, 0.4) is 0 Å². The molecule has 0 aliphatic heterocycles. The lowest BCUT2D eigenvalue weighted by Crippen LogP contribution is -2.08. The summed E-state index contributed by atoms with van der Waals surface area (Å²) >= 11 is 0. The van der Waals surface area contributed by atoms with E-state index in [1.165, 1.54) is 18.2 Å². The highest BCUT2D eigenvalue weighted by Crippen LogP contribution is 2.27. The molecular weight excluding hydrogens is 241 g/mol. The molecule has 0 atom stereocenters. The minimum absolute atomic E-state index is 0.0657. The summed E-state index contributed by atoms with van der Waals surface area (Å²) in [5, 5.41) is 0. The van der Waals surface area contributed by atoms with Crippen molar-refractivity contribution in [3.8, 4) is 11.5 Å². The molecule has 18 heavy (non-hydrogen) atoms. The lowest BCUT2D eigenvalue weighted by molar-refractivity contribution is -0.0927. The molecule has 2 aromatic carbocycles. The van der Waals surface area contributed by atoms with E-state index < -0.39 is 6.18 Å². The van der Waals surface area contributed by atoms with Crippen LogP contribution in [0.2, 0.25) is 0 Å². The van der Waals surface area contributed by atoms with Crippen LogP contribution < -0.4 is 4.74 Å². The summed E-state index contributed by atoms with van der Waals surface area (Å²) in [7, 11) is 0. The maximum Gasteiger partial charge on any atom is 0.396 e. The molecule has 0 amide bonds. The Morgan fingerprint density at radius 1 is 0.833 bits per heavy atom. The molecule has 0 fully saturated rings. The fourth-order valence-electron chi connectivity index (χ4n) is 1.48. The molecular formula is C14H10F3O. The maximum atomic E-state index is 12.2. The van der Waals surface area contributed by atoms with Crippen LogP contribution in [-0.2, 0) is 0 Å². The predicted molar refractivity (Wildman–Crippen MR) is 62.4 cm³/mol. The normalized spacial score (nSPS) is 11.3. The zero-order chi connectivity index (χ0) is 13.0. The first kappa shape index (κ1) is 12.5. The van der Waals surface area contributed by atoms with Crippen molar-refractivity contribution in [2.45, 2.75) is 6.18 Å². The van der Waals surface area contributed by atoms with Gasteiger partial charge in [-0.3, -0.25) is 0 Å². The van der Waals surface area contributed by atoms with E-state index in [2.05, 4.69) is 0 Å². The smallest absolute Gasteiger partial charge is 0.396 e. The van der Waals surface area contributed by atoms with Crippen LogP contribution in [0.1, 0.15) is 5.56 Å². The molecule has 2 aromatic rings. The number of ether oxygens (including phenoxy) is 1. The van der Waals surface area contributed by atoms with E-state index >= 15 is 0 Å². The SMILES string of the molecule is FC(F)(F)[CH]c1cccc(Oc2ccccc2)c1. The van der Waals surface area contributed by atoms with Crippen LogP contribution in [0.25, 0.3) is 0 Å². The first-order valence-corrected chi connectivity index (χ1v) is 5.28. The molecule has 0 saturated carbocycles. The first-order chi connectivity index (χ1) is 8.53. The Balaban J connectivity index is 2.13. The summed E-state index contributed by atoms with van der Waals surface area (Å²) in [6.45, 7) is 0. The maximum absolute atomic E-state index is 12.2. The summed E-state index contributed by atoms with van der Waals surface area (Å²) in [6, 6.07) is 14.8. The van der Waals surface area contributed by atoms with E-state index in [-0.39, 0.29) is 12.0 Å². The van der Waals surface area contributed by atoms with Gasteiger partial charge in [-0.1, -0.05) is 30.3 Å². The molecule has 0 aliphatic carbocycles. The van der Waals surface area contributed by atoms with Crippen molar-refractivity contribution >= 4 is 0 Å². The minimum atomic E-state index is -4.33. The second-order valence-corrected chi connectivity index (χ2v) is 3.67. The Kier molecular flexibility index (Phi) is 3.55. The number of alkyl halides is 3. The van der Waals surface area contributed by atoms with Gasteiger partial charge in [-0.25, -0.2) is 0 Å². The van der Waals surface area contributed by atoms with Crippen LogP contribution in [0.5, 0.6) is 11.5 Å². The van der Waals surface area contributed by atoms with Crippen LogP contribution >= 0.6 is 0 Å². The summed E-state index contributed by atoms with van der Waals surface area (Å²) in [6.07, 6.45) is -4.09. The van der Waals surface area contributed by atoms with Gasteiger partial charge >= 0.3 is 6.18 Å². The van der Waals surface area contributed by atoms with E-state index in [0.29, 0.717) is 11.5 Å². The zero-order valence-electron chi connectivity index (χ0n) is 9.32. The van der Waals surface area contributed by atoms with E-state index in [1.807, 2.05) is 6.07 Å². The van der Waals surface area contributed by atoms with Gasteiger partial charge in [0.15, 0.2) is 0 Å². The van der Waals surface area contributed by atoms with Crippen LogP contribution in [0.4, 0.5) is 13.2 Å². The van der Waals surface area contributed by atoms with Crippen molar-refractivity contribution in [3.05, 3.63) is 66.6 Å². The molecule has 1 radical (unpaired) electrons. The van der Waals surface area contributed by atoms with Crippen molar-refractivity contribution in [2.24, 2.45) is 0 Å². The van der Waals surface area contributed by atoms with E-state index in [4.69, 9.17) is 4.74 Å². The number of hydrogen-bond acceptors (Lipinski definition) is 1. The number of benzene rings is 2. The summed E-state index contributed by atoms with van der Waals surface area (Å²) in [5.74, 6) is 0.959. The van der Waals surface area contributed by atoms with Crippen molar-refractivity contribution in [2.75, 3.05) is 0 Å². The third-order valence-electron chi connectivity index (χ3n) is 2.17. The number of hydrogen-bond donors (Lipinski definition) is 0. The Labute approximate surface area is 103 Å². The van der Waals surface area contributed by atoms with Crippen molar-refractivity contribution in [1.82, 2.24) is 0 Å². The molecule has 0 heterocycles. The average Bonchev–Trinajstić information content (AvgIpc) is 2.28. The van der Waals surface area contributed by atoms with Crippen LogP contribution in [0, 0.1) is 6.42 Å². The molecule has 0 bridgehead atoms. The van der Waals surface area contributed by atoms with E-state index in [0.717, 1.165) is 0 Å². The summed E-state index contributed by atoms with van der Waals surface area (Å²) in [5.41, 5.74) is 0.0657. The van der Waals surface area contributed by atoms with E-state index in [9.17, 15) is 13.2 Å². The van der Waals surface area contributed by atoms with Crippen molar-refractivity contribution in [1.29, 1.82) is 0 Å². The molecule has 0 aromatic heterocycles. The Hall–Kier alpha value is -1.97. The number of halogens is 3. The Morgan fingerprint density at radius 3 is 2.17 bits per heavy atom. The molecule has 2 rings (SSSR count). The van der Waals surface area contributed by atoms with Gasteiger partial charge in [0.2, 0.25) is 0 Å². The number of para-hydroxylation sites is 1. The standard InChI is InChI=1S/C14H10F3O/c15-14(16,17)10-11-5-4-8-13(9-11)18-12-6-2-1-3-7-12/h1-10H. The van der Waals surface area contributed by atoms with E-state index in [1.54, 1.807) is 30.3 Å². The third-order valence-corrected chi connectivity index (χ3v) is 2.17. The van der Waals surface area contributed by atoms with Crippen molar-refractivity contribution < 1.29 is 17.9 Å². The van der Waals surface area contributed by atoms with Gasteiger partial charge in [0.1, 0.15) is 11.5 Å². The van der Waals surface area contributed by atoms with Crippen LogP contribution in [0.15, 0.2) is 54.6 Å². The highest BCUT2D eigenvalue weighted by atomic mass is 19.4. The lowest BCUT2D eigenvalue weighted by atomic mass is 10.1. The second kappa shape index (κ2) is 5.12. The second-order valence-electron chi connectivity index (χ2n) is 3.67. The molecule has 93 valence electrons. The molecule has 4 heteroatoms. The zero-order valence-corrected chi connectivity index (χ0v) is 9.32. The van der Waals surface area contributed by atoms with Gasteiger partial charge in [0.05, 0.1) is 6.42 Å². The molecule has 0 unspecified atom stereocenters. The van der Waals surface area contributed by atoms with Gasteiger partial charge in [-0.15, -0.1) is 0 Å². The van der Waals surface area contributed by atoms with Gasteiger partial charge in [0, 0.05) is 0 Å². The highest BCUT2D eigenvalue weighted by molar-refractivity contribution is 5.37. The molecule has 0 N–H and O–H groups in total. The van der Waals surface area contributed by atoms with Gasteiger partial charge in [0.25, 0.3) is 0 Å². The predicted octanol–water partition coefficient (Wildman–Crippen LogP) is 4.59. The van der Waals surface area contributed by atoms with Gasteiger partial charge < -0.3 is 4.74 Å².